The minimum Gasteiger partial charge on any atom is -0.335 e. The monoisotopic (exact) mass is 167 g/mol. The standard InChI is InChI=1S/C9H17N3/c1-3-12-5-4-11-9(12)6-8(2)7-10/h4-5,8H,3,6-7,10H2,1-2H3. The number of nitrogens with two attached hydrogens (primary N) is 1. The fourth-order valence-electron chi connectivity index (χ4n) is 1.21. The average Bonchev–Trinajstić information content (AvgIpc) is 2.51. The molecule has 0 aromatic carbocycles. The van der Waals surface area contributed by atoms with Crippen LogP contribution in [0.1, 0.15) is 19.7 Å². The second-order valence-electron chi connectivity index (χ2n) is 3.17. The fraction of sp³-hybridized carbons (Fsp3) is 0.667. The van der Waals surface area contributed by atoms with Crippen LogP contribution in [0.25, 0.3) is 0 Å². The number of aromatic nitrogens is 2. The minimum atomic E-state index is 0.526. The van der Waals surface area contributed by atoms with E-state index in [9.17, 15) is 0 Å². The van der Waals surface area contributed by atoms with Gasteiger partial charge in [0.25, 0.3) is 0 Å². The van der Waals surface area contributed by atoms with Gasteiger partial charge >= 0.3 is 0 Å². The molecule has 0 radical (unpaired) electrons. The Bertz CT molecular complexity index is 229. The molecule has 3 nitrogen and oxygen atoms in total. The van der Waals surface area contributed by atoms with Crippen molar-refractivity contribution in [2.45, 2.75) is 26.8 Å². The van der Waals surface area contributed by atoms with Gasteiger partial charge in [0, 0.05) is 25.4 Å². The molecule has 0 amide bonds. The maximum atomic E-state index is 5.54. The van der Waals surface area contributed by atoms with E-state index in [1.165, 1.54) is 0 Å². The van der Waals surface area contributed by atoms with Crippen molar-refractivity contribution in [1.29, 1.82) is 0 Å². The lowest BCUT2D eigenvalue weighted by atomic mass is 10.1. The zero-order valence-electron chi connectivity index (χ0n) is 7.83. The predicted octanol–water partition coefficient (Wildman–Crippen LogP) is 1.04. The number of imidazole rings is 1. The first-order valence-electron chi connectivity index (χ1n) is 4.48. The second kappa shape index (κ2) is 4.26. The highest BCUT2D eigenvalue weighted by molar-refractivity contribution is 4.93. The SMILES string of the molecule is CCn1ccnc1CC(C)CN. The van der Waals surface area contributed by atoms with Crippen LogP contribution in [0.15, 0.2) is 12.4 Å². The maximum Gasteiger partial charge on any atom is 0.108 e. The summed E-state index contributed by atoms with van der Waals surface area (Å²) in [6.07, 6.45) is 4.85. The number of hydrogen-bond donors (Lipinski definition) is 1. The molecule has 1 atom stereocenters. The van der Waals surface area contributed by atoms with Crippen molar-refractivity contribution in [3.63, 3.8) is 0 Å². The zero-order valence-corrected chi connectivity index (χ0v) is 7.83. The molecule has 0 bridgehead atoms. The summed E-state index contributed by atoms with van der Waals surface area (Å²) in [7, 11) is 0. The lowest BCUT2D eigenvalue weighted by Crippen LogP contribution is -2.15. The summed E-state index contributed by atoms with van der Waals surface area (Å²) in [5.41, 5.74) is 5.54. The van der Waals surface area contributed by atoms with E-state index in [0.29, 0.717) is 5.92 Å². The molecule has 0 aliphatic rings. The highest BCUT2D eigenvalue weighted by Crippen LogP contribution is 2.05. The van der Waals surface area contributed by atoms with Gasteiger partial charge < -0.3 is 10.3 Å². The predicted molar refractivity (Wildman–Crippen MR) is 49.8 cm³/mol. The Morgan fingerprint density at radius 2 is 2.42 bits per heavy atom. The van der Waals surface area contributed by atoms with Gasteiger partial charge in [0.2, 0.25) is 0 Å². The van der Waals surface area contributed by atoms with Gasteiger partial charge in [0.05, 0.1) is 0 Å². The Morgan fingerprint density at radius 3 is 3.00 bits per heavy atom. The van der Waals surface area contributed by atoms with Crippen LogP contribution in [-0.2, 0) is 13.0 Å². The van der Waals surface area contributed by atoms with Crippen LogP contribution >= 0.6 is 0 Å². The summed E-state index contributed by atoms with van der Waals surface area (Å²) in [6.45, 7) is 6.00. The molecule has 0 spiro atoms. The van der Waals surface area contributed by atoms with E-state index in [4.69, 9.17) is 5.73 Å². The van der Waals surface area contributed by atoms with Gasteiger partial charge in [-0.25, -0.2) is 4.98 Å². The van der Waals surface area contributed by atoms with Crippen LogP contribution in [0, 0.1) is 5.92 Å². The second-order valence-corrected chi connectivity index (χ2v) is 3.17. The van der Waals surface area contributed by atoms with Gasteiger partial charge in [0.15, 0.2) is 0 Å². The quantitative estimate of drug-likeness (QED) is 0.728. The Hall–Kier alpha value is -0.830. The summed E-state index contributed by atoms with van der Waals surface area (Å²) in [5, 5.41) is 0. The molecule has 2 N–H and O–H groups in total. The van der Waals surface area contributed by atoms with Crippen molar-refractivity contribution in [3.8, 4) is 0 Å². The molecule has 1 unspecified atom stereocenters. The van der Waals surface area contributed by atoms with E-state index in [2.05, 4.69) is 23.4 Å². The summed E-state index contributed by atoms with van der Waals surface area (Å²) in [4.78, 5) is 4.28. The molecule has 0 aliphatic heterocycles. The number of hydrogen-bond acceptors (Lipinski definition) is 2. The molecule has 0 saturated carbocycles. The Balaban J connectivity index is 2.61. The van der Waals surface area contributed by atoms with Crippen molar-refractivity contribution in [1.82, 2.24) is 9.55 Å². The molecule has 3 heteroatoms. The Kier molecular flexibility index (Phi) is 3.29. The zero-order chi connectivity index (χ0) is 8.97. The highest BCUT2D eigenvalue weighted by Gasteiger charge is 2.05. The van der Waals surface area contributed by atoms with Crippen molar-refractivity contribution < 1.29 is 0 Å². The third-order valence-corrected chi connectivity index (χ3v) is 2.08. The Labute approximate surface area is 73.6 Å². The molecule has 1 aromatic heterocycles. The van der Waals surface area contributed by atoms with Crippen LogP contribution in [0.5, 0.6) is 0 Å². The van der Waals surface area contributed by atoms with Gasteiger partial charge in [-0.3, -0.25) is 0 Å². The summed E-state index contributed by atoms with van der Waals surface area (Å²) >= 11 is 0. The summed E-state index contributed by atoms with van der Waals surface area (Å²) in [6, 6.07) is 0. The molecule has 0 fully saturated rings. The molecule has 12 heavy (non-hydrogen) atoms. The molecular weight excluding hydrogens is 150 g/mol. The normalized spacial score (nSPS) is 13.2. The van der Waals surface area contributed by atoms with Gasteiger partial charge in [-0.2, -0.15) is 0 Å². The summed E-state index contributed by atoms with van der Waals surface area (Å²) in [5.74, 6) is 1.67. The van der Waals surface area contributed by atoms with Gasteiger partial charge in [-0.05, 0) is 19.4 Å². The molecule has 0 saturated heterocycles. The number of rotatable bonds is 4. The lowest BCUT2D eigenvalue weighted by molar-refractivity contribution is 0.549. The molecular formula is C9H17N3. The maximum absolute atomic E-state index is 5.54. The van der Waals surface area contributed by atoms with Crippen LogP contribution in [0.3, 0.4) is 0 Å². The highest BCUT2D eigenvalue weighted by atomic mass is 15.0. The molecule has 1 heterocycles. The van der Waals surface area contributed by atoms with Crippen LogP contribution in [-0.4, -0.2) is 16.1 Å². The van der Waals surface area contributed by atoms with Gasteiger partial charge in [-0.1, -0.05) is 6.92 Å². The number of aryl methyl sites for hydroxylation is 1. The first kappa shape index (κ1) is 9.26. The molecule has 68 valence electrons. The van der Waals surface area contributed by atoms with Crippen molar-refractivity contribution in [3.05, 3.63) is 18.2 Å². The van der Waals surface area contributed by atoms with Crippen molar-refractivity contribution >= 4 is 0 Å². The first-order chi connectivity index (χ1) is 5.77. The number of nitrogens with zero attached hydrogens (tertiary/aromatic N) is 2. The van der Waals surface area contributed by atoms with E-state index < -0.39 is 0 Å². The molecule has 1 rings (SSSR count). The minimum absolute atomic E-state index is 0.526. The average molecular weight is 167 g/mol. The van der Waals surface area contributed by atoms with Crippen molar-refractivity contribution in [2.75, 3.05) is 6.54 Å². The van der Waals surface area contributed by atoms with E-state index in [-0.39, 0.29) is 0 Å². The summed E-state index contributed by atoms with van der Waals surface area (Å²) < 4.78 is 2.16. The molecule has 0 aliphatic carbocycles. The van der Waals surface area contributed by atoms with Gasteiger partial charge in [-0.15, -0.1) is 0 Å². The van der Waals surface area contributed by atoms with Crippen LogP contribution in [0.2, 0.25) is 0 Å². The largest absolute Gasteiger partial charge is 0.335 e. The van der Waals surface area contributed by atoms with Crippen molar-refractivity contribution in [2.24, 2.45) is 11.7 Å². The fourth-order valence-corrected chi connectivity index (χ4v) is 1.21. The van der Waals surface area contributed by atoms with Crippen LogP contribution in [0.4, 0.5) is 0 Å². The van der Waals surface area contributed by atoms with E-state index in [0.717, 1.165) is 25.3 Å². The smallest absolute Gasteiger partial charge is 0.108 e. The first-order valence-corrected chi connectivity index (χ1v) is 4.48. The van der Waals surface area contributed by atoms with Gasteiger partial charge in [0.1, 0.15) is 5.82 Å². The lowest BCUT2D eigenvalue weighted by Gasteiger charge is -2.08. The van der Waals surface area contributed by atoms with E-state index in [1.807, 2.05) is 12.4 Å². The van der Waals surface area contributed by atoms with E-state index >= 15 is 0 Å². The molecule has 1 aromatic rings. The topological polar surface area (TPSA) is 43.8 Å². The third-order valence-electron chi connectivity index (χ3n) is 2.08. The Morgan fingerprint density at radius 1 is 1.67 bits per heavy atom. The third kappa shape index (κ3) is 2.08. The van der Waals surface area contributed by atoms with E-state index in [1.54, 1.807) is 0 Å². The van der Waals surface area contributed by atoms with Crippen LogP contribution < -0.4 is 5.73 Å².